The van der Waals surface area contributed by atoms with E-state index >= 15 is 0 Å². The summed E-state index contributed by atoms with van der Waals surface area (Å²) in [5.74, 6) is -0.156. The molecule has 3 aromatic rings. The average Bonchev–Trinajstić information content (AvgIpc) is 2.84. The van der Waals surface area contributed by atoms with Crippen molar-refractivity contribution in [1.29, 1.82) is 0 Å². The number of fused-ring (bicyclic) bond motifs is 1. The number of aliphatic carboxylic acids is 1. The Balaban J connectivity index is 2.30. The van der Waals surface area contributed by atoms with Gasteiger partial charge in [-0.15, -0.1) is 0 Å². The number of methoxy groups -OCH3 is 1. The van der Waals surface area contributed by atoms with Gasteiger partial charge in [-0.1, -0.05) is 28.1 Å². The second-order valence-electron chi connectivity index (χ2n) is 4.94. The Morgan fingerprint density at radius 1 is 1.27 bits per heavy atom. The Bertz CT molecular complexity index is 854. The molecule has 1 heterocycles. The fraction of sp³-hybridized carbons (Fsp3) is 0.118. The molecule has 0 aliphatic rings. The van der Waals surface area contributed by atoms with E-state index in [-0.39, 0.29) is 6.42 Å². The van der Waals surface area contributed by atoms with E-state index in [9.17, 15) is 9.90 Å². The highest BCUT2D eigenvalue weighted by molar-refractivity contribution is 9.10. The first kappa shape index (κ1) is 14.7. The van der Waals surface area contributed by atoms with Gasteiger partial charge in [0.1, 0.15) is 5.75 Å². The van der Waals surface area contributed by atoms with Crippen LogP contribution in [0.1, 0.15) is 5.56 Å². The van der Waals surface area contributed by atoms with Gasteiger partial charge in [0.05, 0.1) is 19.2 Å². The maximum atomic E-state index is 11.3. The number of nitrogens with one attached hydrogen (secondary N) is 1. The summed E-state index contributed by atoms with van der Waals surface area (Å²) >= 11 is 3.44. The summed E-state index contributed by atoms with van der Waals surface area (Å²) in [5.41, 5.74) is 3.30. The van der Waals surface area contributed by atoms with Crippen molar-refractivity contribution in [2.75, 3.05) is 7.11 Å². The number of carbonyl (C=O) groups is 1. The Labute approximate surface area is 135 Å². The summed E-state index contributed by atoms with van der Waals surface area (Å²) < 4.78 is 6.32. The molecule has 0 spiro atoms. The third-order valence-corrected chi connectivity index (χ3v) is 4.07. The lowest BCUT2D eigenvalue weighted by molar-refractivity contribution is -0.136. The van der Waals surface area contributed by atoms with E-state index in [2.05, 4.69) is 20.9 Å². The molecule has 0 saturated carbocycles. The van der Waals surface area contributed by atoms with E-state index < -0.39 is 5.97 Å². The number of rotatable bonds is 4. The molecule has 0 radical (unpaired) electrons. The van der Waals surface area contributed by atoms with Gasteiger partial charge < -0.3 is 14.8 Å². The van der Waals surface area contributed by atoms with Gasteiger partial charge in [0.15, 0.2) is 0 Å². The fourth-order valence-electron chi connectivity index (χ4n) is 2.64. The van der Waals surface area contributed by atoms with Gasteiger partial charge in [0.25, 0.3) is 0 Å². The number of carboxylic acids is 1. The molecule has 0 atom stereocenters. The minimum atomic E-state index is -0.864. The van der Waals surface area contributed by atoms with E-state index in [1.54, 1.807) is 7.11 Å². The molecule has 5 heteroatoms. The first-order valence-corrected chi connectivity index (χ1v) is 7.54. The van der Waals surface area contributed by atoms with Crippen LogP contribution >= 0.6 is 15.9 Å². The Morgan fingerprint density at radius 2 is 2.05 bits per heavy atom. The van der Waals surface area contributed by atoms with Crippen molar-refractivity contribution in [3.63, 3.8) is 0 Å². The Morgan fingerprint density at radius 3 is 2.77 bits per heavy atom. The molecule has 0 aliphatic carbocycles. The third-order valence-electron chi connectivity index (χ3n) is 3.57. The van der Waals surface area contributed by atoms with Crippen LogP contribution in [0.3, 0.4) is 0 Å². The van der Waals surface area contributed by atoms with Crippen LogP contribution in [0.15, 0.2) is 46.9 Å². The van der Waals surface area contributed by atoms with Crippen molar-refractivity contribution >= 4 is 32.8 Å². The van der Waals surface area contributed by atoms with Crippen molar-refractivity contribution in [1.82, 2.24) is 4.98 Å². The number of ether oxygens (including phenoxy) is 1. The lowest BCUT2D eigenvalue weighted by Crippen LogP contribution is -2.01. The predicted octanol–water partition coefficient (Wildman–Crippen LogP) is 4.23. The summed E-state index contributed by atoms with van der Waals surface area (Å²) in [7, 11) is 1.61. The average molecular weight is 360 g/mol. The predicted molar refractivity (Wildman–Crippen MR) is 89.3 cm³/mol. The molecule has 22 heavy (non-hydrogen) atoms. The SMILES string of the molecule is COc1ccccc1-c1[nH]c2ccc(Br)cc2c1CC(=O)O. The molecule has 2 N–H and O–H groups in total. The van der Waals surface area contributed by atoms with Crippen molar-refractivity contribution in [2.24, 2.45) is 0 Å². The summed E-state index contributed by atoms with van der Waals surface area (Å²) in [6, 6.07) is 13.4. The van der Waals surface area contributed by atoms with Crippen molar-refractivity contribution in [3.05, 3.63) is 52.5 Å². The van der Waals surface area contributed by atoms with Gasteiger partial charge in [-0.05, 0) is 35.9 Å². The minimum absolute atomic E-state index is 0.0518. The zero-order valence-electron chi connectivity index (χ0n) is 11.9. The Kier molecular flexibility index (Phi) is 3.90. The Hall–Kier alpha value is -2.27. The van der Waals surface area contributed by atoms with Crippen molar-refractivity contribution in [3.8, 4) is 17.0 Å². The highest BCUT2D eigenvalue weighted by atomic mass is 79.9. The quantitative estimate of drug-likeness (QED) is 0.732. The number of aromatic amines is 1. The van der Waals surface area contributed by atoms with Gasteiger partial charge >= 0.3 is 5.97 Å². The van der Waals surface area contributed by atoms with Crippen LogP contribution in [0.25, 0.3) is 22.2 Å². The molecule has 0 bridgehead atoms. The number of hydrogen-bond donors (Lipinski definition) is 2. The minimum Gasteiger partial charge on any atom is -0.496 e. The lowest BCUT2D eigenvalue weighted by Gasteiger charge is -2.08. The van der Waals surface area contributed by atoms with Gasteiger partial charge in [-0.25, -0.2) is 0 Å². The van der Waals surface area contributed by atoms with Gasteiger partial charge in [0, 0.05) is 20.9 Å². The second-order valence-corrected chi connectivity index (χ2v) is 5.85. The van der Waals surface area contributed by atoms with Crippen LogP contribution in [0.5, 0.6) is 5.75 Å². The van der Waals surface area contributed by atoms with E-state index in [0.29, 0.717) is 5.75 Å². The molecule has 3 rings (SSSR count). The molecule has 0 aliphatic heterocycles. The summed E-state index contributed by atoms with van der Waals surface area (Å²) in [4.78, 5) is 14.6. The maximum absolute atomic E-state index is 11.3. The monoisotopic (exact) mass is 359 g/mol. The maximum Gasteiger partial charge on any atom is 0.307 e. The van der Waals surface area contributed by atoms with E-state index in [4.69, 9.17) is 4.74 Å². The van der Waals surface area contributed by atoms with E-state index in [0.717, 1.165) is 32.2 Å². The zero-order chi connectivity index (χ0) is 15.7. The summed E-state index contributed by atoms with van der Waals surface area (Å²) in [5, 5.41) is 10.2. The summed E-state index contributed by atoms with van der Waals surface area (Å²) in [6.07, 6.45) is -0.0518. The van der Waals surface area contributed by atoms with Crippen LogP contribution < -0.4 is 4.74 Å². The first-order chi connectivity index (χ1) is 10.6. The number of hydrogen-bond acceptors (Lipinski definition) is 2. The molecule has 4 nitrogen and oxygen atoms in total. The summed E-state index contributed by atoms with van der Waals surface area (Å²) in [6.45, 7) is 0. The molecule has 0 fully saturated rings. The number of aromatic nitrogens is 1. The highest BCUT2D eigenvalue weighted by Gasteiger charge is 2.18. The molecular weight excluding hydrogens is 346 g/mol. The van der Waals surface area contributed by atoms with Crippen LogP contribution in [0.4, 0.5) is 0 Å². The largest absolute Gasteiger partial charge is 0.496 e. The van der Waals surface area contributed by atoms with Gasteiger partial charge in [-0.2, -0.15) is 0 Å². The van der Waals surface area contributed by atoms with Crippen LogP contribution in [-0.4, -0.2) is 23.2 Å². The smallest absolute Gasteiger partial charge is 0.307 e. The third kappa shape index (κ3) is 2.60. The molecule has 112 valence electrons. The normalized spacial score (nSPS) is 10.8. The van der Waals surface area contributed by atoms with Gasteiger partial charge in [-0.3, -0.25) is 4.79 Å². The molecule has 1 aromatic heterocycles. The molecule has 0 amide bonds. The first-order valence-electron chi connectivity index (χ1n) is 6.75. The molecule has 0 saturated heterocycles. The second kappa shape index (κ2) is 5.85. The standard InChI is InChI=1S/C17H14BrNO3/c1-22-15-5-3-2-4-11(15)17-13(9-16(20)21)12-8-10(18)6-7-14(12)19-17/h2-8,19H,9H2,1H3,(H,20,21). The zero-order valence-corrected chi connectivity index (χ0v) is 13.5. The van der Waals surface area contributed by atoms with Crippen LogP contribution in [0.2, 0.25) is 0 Å². The molecular formula is C17H14BrNO3. The number of benzene rings is 2. The lowest BCUT2D eigenvalue weighted by atomic mass is 10.0. The topological polar surface area (TPSA) is 62.3 Å². The van der Waals surface area contributed by atoms with Crippen LogP contribution in [0, 0.1) is 0 Å². The highest BCUT2D eigenvalue weighted by Crippen LogP contribution is 2.36. The van der Waals surface area contributed by atoms with Crippen molar-refractivity contribution in [2.45, 2.75) is 6.42 Å². The van der Waals surface area contributed by atoms with E-state index in [1.807, 2.05) is 42.5 Å². The van der Waals surface area contributed by atoms with Crippen molar-refractivity contribution < 1.29 is 14.6 Å². The molecule has 0 unspecified atom stereocenters. The number of para-hydroxylation sites is 1. The fourth-order valence-corrected chi connectivity index (χ4v) is 3.00. The number of carboxylic acid groups (broad SMARTS) is 1. The van der Waals surface area contributed by atoms with Crippen LogP contribution in [-0.2, 0) is 11.2 Å². The molecule has 2 aromatic carbocycles. The number of halogens is 1. The van der Waals surface area contributed by atoms with Gasteiger partial charge in [0.2, 0.25) is 0 Å². The number of H-pyrrole nitrogens is 1. The van der Waals surface area contributed by atoms with E-state index in [1.165, 1.54) is 0 Å².